The fraction of sp³-hybridized carbons (Fsp3) is 0.583. The molecule has 1 unspecified atom stereocenters. The molecule has 0 fully saturated rings. The standard InChI is InChI=1S/C12H20N4O3/c1-5-7(2)10(11(17)18)14-12(19)13-9-6-16(4)15-8(9)3/h6-7,10H,5H2,1-4H3,(H,17,18)(H2,13,14,19)/t7?,10-/m0/s1. The van der Waals surface area contributed by atoms with E-state index in [1.165, 1.54) is 0 Å². The Morgan fingerprint density at radius 2 is 2.16 bits per heavy atom. The summed E-state index contributed by atoms with van der Waals surface area (Å²) in [6, 6.07) is -1.44. The second-order valence-corrected chi connectivity index (χ2v) is 4.60. The average Bonchev–Trinajstić information content (AvgIpc) is 2.63. The van der Waals surface area contributed by atoms with Crippen molar-refractivity contribution in [3.8, 4) is 0 Å². The SMILES string of the molecule is CCC(C)[C@H](NC(=O)Nc1cn(C)nc1C)C(=O)O. The summed E-state index contributed by atoms with van der Waals surface area (Å²) in [5.74, 6) is -1.18. The molecule has 0 spiro atoms. The van der Waals surface area contributed by atoms with Crippen molar-refractivity contribution in [2.75, 3.05) is 5.32 Å². The van der Waals surface area contributed by atoms with E-state index in [1.54, 1.807) is 31.8 Å². The van der Waals surface area contributed by atoms with Gasteiger partial charge in [0.1, 0.15) is 6.04 Å². The van der Waals surface area contributed by atoms with E-state index in [0.29, 0.717) is 17.8 Å². The Morgan fingerprint density at radius 3 is 2.58 bits per heavy atom. The quantitative estimate of drug-likeness (QED) is 0.751. The normalized spacial score (nSPS) is 13.7. The molecule has 2 amide bonds. The van der Waals surface area contributed by atoms with E-state index in [9.17, 15) is 9.59 Å². The summed E-state index contributed by atoms with van der Waals surface area (Å²) in [6.45, 7) is 5.43. The molecule has 0 aliphatic carbocycles. The van der Waals surface area contributed by atoms with Crippen molar-refractivity contribution in [2.24, 2.45) is 13.0 Å². The van der Waals surface area contributed by atoms with Gasteiger partial charge in [-0.05, 0) is 12.8 Å². The number of aryl methyl sites for hydroxylation is 2. The number of hydrogen-bond donors (Lipinski definition) is 3. The average molecular weight is 268 g/mol. The van der Waals surface area contributed by atoms with Gasteiger partial charge in [0, 0.05) is 13.2 Å². The van der Waals surface area contributed by atoms with Crippen molar-refractivity contribution >= 4 is 17.7 Å². The predicted octanol–water partition coefficient (Wildman–Crippen LogP) is 1.35. The molecule has 106 valence electrons. The number of carboxylic acid groups (broad SMARTS) is 1. The Kier molecular flexibility index (Phi) is 4.91. The molecule has 0 bridgehead atoms. The lowest BCUT2D eigenvalue weighted by molar-refractivity contribution is -0.140. The molecule has 3 N–H and O–H groups in total. The first-order chi connectivity index (χ1) is 8.85. The van der Waals surface area contributed by atoms with Crippen molar-refractivity contribution in [1.29, 1.82) is 0 Å². The molecular weight excluding hydrogens is 248 g/mol. The van der Waals surface area contributed by atoms with E-state index in [2.05, 4.69) is 15.7 Å². The van der Waals surface area contributed by atoms with Gasteiger partial charge in [0.15, 0.2) is 0 Å². The second kappa shape index (κ2) is 6.21. The van der Waals surface area contributed by atoms with E-state index in [-0.39, 0.29) is 5.92 Å². The van der Waals surface area contributed by atoms with Crippen LogP contribution in [-0.4, -0.2) is 32.9 Å². The number of nitrogens with zero attached hydrogens (tertiary/aromatic N) is 2. The molecule has 1 aromatic rings. The number of amides is 2. The number of aromatic nitrogens is 2. The van der Waals surface area contributed by atoms with E-state index in [0.717, 1.165) is 0 Å². The lowest BCUT2D eigenvalue weighted by Gasteiger charge is -2.20. The Morgan fingerprint density at radius 1 is 1.53 bits per heavy atom. The number of carboxylic acids is 1. The van der Waals surface area contributed by atoms with E-state index in [4.69, 9.17) is 5.11 Å². The van der Waals surface area contributed by atoms with Crippen LogP contribution < -0.4 is 10.6 Å². The fourth-order valence-corrected chi connectivity index (χ4v) is 1.71. The van der Waals surface area contributed by atoms with Crippen molar-refractivity contribution in [1.82, 2.24) is 15.1 Å². The minimum Gasteiger partial charge on any atom is -0.480 e. The Bertz CT molecular complexity index is 470. The maximum Gasteiger partial charge on any atom is 0.326 e. The first-order valence-corrected chi connectivity index (χ1v) is 6.15. The molecule has 7 nitrogen and oxygen atoms in total. The van der Waals surface area contributed by atoms with Gasteiger partial charge < -0.3 is 15.7 Å². The number of aliphatic carboxylic acids is 1. The van der Waals surface area contributed by atoms with Gasteiger partial charge in [-0.3, -0.25) is 4.68 Å². The molecule has 1 heterocycles. The summed E-state index contributed by atoms with van der Waals surface area (Å²) in [5.41, 5.74) is 1.24. The van der Waals surface area contributed by atoms with Gasteiger partial charge in [-0.15, -0.1) is 0 Å². The number of hydrogen-bond acceptors (Lipinski definition) is 3. The first-order valence-electron chi connectivity index (χ1n) is 6.15. The van der Waals surface area contributed by atoms with Crippen LogP contribution in [0.2, 0.25) is 0 Å². The Labute approximate surface area is 112 Å². The zero-order valence-electron chi connectivity index (χ0n) is 11.6. The molecule has 0 aliphatic heterocycles. The third-order valence-electron chi connectivity index (χ3n) is 3.03. The van der Waals surface area contributed by atoms with Crippen LogP contribution in [0.1, 0.15) is 26.0 Å². The van der Waals surface area contributed by atoms with E-state index < -0.39 is 18.0 Å². The van der Waals surface area contributed by atoms with Crippen LogP contribution in [0.5, 0.6) is 0 Å². The van der Waals surface area contributed by atoms with Crippen LogP contribution in [-0.2, 0) is 11.8 Å². The van der Waals surface area contributed by atoms with Crippen LogP contribution >= 0.6 is 0 Å². The molecule has 0 aromatic carbocycles. The molecule has 2 atom stereocenters. The summed E-state index contributed by atoms with van der Waals surface area (Å²) in [7, 11) is 1.75. The molecule has 7 heteroatoms. The molecule has 0 radical (unpaired) electrons. The van der Waals surface area contributed by atoms with Gasteiger partial charge in [0.05, 0.1) is 11.4 Å². The van der Waals surface area contributed by atoms with Gasteiger partial charge in [0.25, 0.3) is 0 Å². The maximum atomic E-state index is 11.8. The lowest BCUT2D eigenvalue weighted by atomic mass is 9.99. The molecule has 0 aliphatic rings. The van der Waals surface area contributed by atoms with Crippen molar-refractivity contribution < 1.29 is 14.7 Å². The largest absolute Gasteiger partial charge is 0.480 e. The topological polar surface area (TPSA) is 96.3 Å². The van der Waals surface area contributed by atoms with Crippen molar-refractivity contribution in [3.05, 3.63) is 11.9 Å². The zero-order valence-corrected chi connectivity index (χ0v) is 11.6. The number of rotatable bonds is 5. The van der Waals surface area contributed by atoms with Crippen LogP contribution in [0.15, 0.2) is 6.20 Å². The summed E-state index contributed by atoms with van der Waals surface area (Å²) >= 11 is 0. The summed E-state index contributed by atoms with van der Waals surface area (Å²) < 4.78 is 1.58. The summed E-state index contributed by atoms with van der Waals surface area (Å²) in [6.07, 6.45) is 2.33. The zero-order chi connectivity index (χ0) is 14.6. The van der Waals surface area contributed by atoms with E-state index in [1.807, 2.05) is 6.92 Å². The third kappa shape index (κ3) is 3.97. The van der Waals surface area contributed by atoms with Crippen LogP contribution in [0.25, 0.3) is 0 Å². The first kappa shape index (κ1) is 15.0. The number of nitrogens with one attached hydrogen (secondary N) is 2. The van der Waals surface area contributed by atoms with Crippen molar-refractivity contribution in [3.63, 3.8) is 0 Å². The van der Waals surface area contributed by atoms with Crippen molar-refractivity contribution in [2.45, 2.75) is 33.2 Å². The Hall–Kier alpha value is -2.05. The van der Waals surface area contributed by atoms with Crippen LogP contribution in [0.3, 0.4) is 0 Å². The summed E-state index contributed by atoms with van der Waals surface area (Å²) in [4.78, 5) is 22.9. The van der Waals surface area contributed by atoms with Gasteiger partial charge >= 0.3 is 12.0 Å². The number of urea groups is 1. The highest BCUT2D eigenvalue weighted by atomic mass is 16.4. The maximum absolute atomic E-state index is 11.8. The van der Waals surface area contributed by atoms with Gasteiger partial charge in [-0.25, -0.2) is 9.59 Å². The molecule has 19 heavy (non-hydrogen) atoms. The molecular formula is C12H20N4O3. The minimum atomic E-state index is -1.03. The lowest BCUT2D eigenvalue weighted by Crippen LogP contribution is -2.46. The van der Waals surface area contributed by atoms with Gasteiger partial charge in [-0.2, -0.15) is 5.10 Å². The highest BCUT2D eigenvalue weighted by molar-refractivity contribution is 5.92. The highest BCUT2D eigenvalue weighted by Crippen LogP contribution is 2.12. The van der Waals surface area contributed by atoms with E-state index >= 15 is 0 Å². The minimum absolute atomic E-state index is 0.141. The predicted molar refractivity (Wildman–Crippen MR) is 71.0 cm³/mol. The second-order valence-electron chi connectivity index (χ2n) is 4.60. The highest BCUT2D eigenvalue weighted by Gasteiger charge is 2.25. The number of carbonyl (C=O) groups excluding carboxylic acids is 1. The monoisotopic (exact) mass is 268 g/mol. The number of anilines is 1. The smallest absolute Gasteiger partial charge is 0.326 e. The van der Waals surface area contributed by atoms with Gasteiger partial charge in [-0.1, -0.05) is 20.3 Å². The van der Waals surface area contributed by atoms with Crippen LogP contribution in [0, 0.1) is 12.8 Å². The molecule has 1 aromatic heterocycles. The molecule has 1 rings (SSSR count). The van der Waals surface area contributed by atoms with Crippen LogP contribution in [0.4, 0.5) is 10.5 Å². The molecule has 0 saturated carbocycles. The molecule has 0 saturated heterocycles. The fourth-order valence-electron chi connectivity index (χ4n) is 1.71. The summed E-state index contributed by atoms with van der Waals surface area (Å²) in [5, 5.41) is 18.2. The third-order valence-corrected chi connectivity index (χ3v) is 3.03. The Balaban J connectivity index is 2.68. The number of carbonyl (C=O) groups is 2. The van der Waals surface area contributed by atoms with Gasteiger partial charge in [0.2, 0.25) is 0 Å².